The zero-order valence-corrected chi connectivity index (χ0v) is 26.5. The molecule has 6 aromatic carbocycles. The van der Waals surface area contributed by atoms with Crippen LogP contribution in [-0.2, 0) is 0 Å². The number of fused-ring (bicyclic) bond motifs is 6. The molecule has 5 heteroatoms. The first-order valence-electron chi connectivity index (χ1n) is 16.5. The Morgan fingerprint density at radius 1 is 0.469 bits per heavy atom. The van der Waals surface area contributed by atoms with Crippen molar-refractivity contribution in [2.24, 2.45) is 0 Å². The molecule has 5 nitrogen and oxygen atoms in total. The van der Waals surface area contributed by atoms with E-state index < -0.39 is 0 Å². The second kappa shape index (κ2) is 10.9. The number of hydrogen-bond acceptors (Lipinski definition) is 2. The SMILES string of the molecule is c1ccc(-c2nc3c(-c4cccc(-n5c6ccccc6c6ccc7ccn(-c8ccccc8)c7c65)c4)ccnc3n2-c2ccccc2)cc1. The summed E-state index contributed by atoms with van der Waals surface area (Å²) in [4.78, 5) is 10.2. The van der Waals surface area contributed by atoms with E-state index in [0.717, 1.165) is 50.7 Å². The Bertz CT molecular complexity index is 2810. The van der Waals surface area contributed by atoms with Crippen LogP contribution in [0.2, 0.25) is 0 Å². The molecule has 0 N–H and O–H groups in total. The Balaban J connectivity index is 1.23. The molecule has 10 rings (SSSR count). The molecule has 0 spiro atoms. The molecule has 0 aliphatic rings. The van der Waals surface area contributed by atoms with E-state index in [9.17, 15) is 0 Å². The van der Waals surface area contributed by atoms with E-state index >= 15 is 0 Å². The monoisotopic (exact) mass is 627 g/mol. The third-order valence-electron chi connectivity index (χ3n) is 9.53. The Hall–Kier alpha value is -6.72. The molecule has 0 bridgehead atoms. The second-order valence-corrected chi connectivity index (χ2v) is 12.3. The van der Waals surface area contributed by atoms with Gasteiger partial charge in [-0.1, -0.05) is 109 Å². The van der Waals surface area contributed by atoms with E-state index in [1.165, 1.54) is 32.7 Å². The van der Waals surface area contributed by atoms with Crippen molar-refractivity contribution in [3.63, 3.8) is 0 Å². The summed E-state index contributed by atoms with van der Waals surface area (Å²) >= 11 is 0. The van der Waals surface area contributed by atoms with Crippen molar-refractivity contribution in [1.29, 1.82) is 0 Å². The topological polar surface area (TPSA) is 40.6 Å². The maximum absolute atomic E-state index is 5.30. The van der Waals surface area contributed by atoms with Gasteiger partial charge in [0.05, 0.1) is 16.6 Å². The van der Waals surface area contributed by atoms with Crippen LogP contribution in [0.3, 0.4) is 0 Å². The van der Waals surface area contributed by atoms with Gasteiger partial charge < -0.3 is 9.13 Å². The van der Waals surface area contributed by atoms with Crippen LogP contribution in [0.5, 0.6) is 0 Å². The number of imidazole rings is 1. The third-order valence-corrected chi connectivity index (χ3v) is 9.53. The average molecular weight is 628 g/mol. The first-order chi connectivity index (χ1) is 24.3. The van der Waals surface area contributed by atoms with Crippen molar-refractivity contribution in [3.05, 3.63) is 176 Å². The van der Waals surface area contributed by atoms with Crippen LogP contribution in [0.15, 0.2) is 176 Å². The molecular weight excluding hydrogens is 599 g/mol. The van der Waals surface area contributed by atoms with Crippen molar-refractivity contribution in [3.8, 4) is 39.6 Å². The second-order valence-electron chi connectivity index (χ2n) is 12.3. The Morgan fingerprint density at radius 3 is 1.98 bits per heavy atom. The molecule has 0 radical (unpaired) electrons. The van der Waals surface area contributed by atoms with Crippen molar-refractivity contribution >= 4 is 43.9 Å². The number of pyridine rings is 1. The summed E-state index contributed by atoms with van der Waals surface area (Å²) in [6, 6.07) is 57.7. The summed E-state index contributed by atoms with van der Waals surface area (Å²) in [5.74, 6) is 0.865. The number of benzene rings is 6. The van der Waals surface area contributed by atoms with Gasteiger partial charge in [-0.15, -0.1) is 0 Å². The van der Waals surface area contributed by atoms with Crippen LogP contribution < -0.4 is 0 Å². The number of aromatic nitrogens is 5. The van der Waals surface area contributed by atoms with Gasteiger partial charge in [0.25, 0.3) is 0 Å². The Morgan fingerprint density at radius 2 is 1.16 bits per heavy atom. The molecular formula is C44H29N5. The highest BCUT2D eigenvalue weighted by Gasteiger charge is 2.21. The van der Waals surface area contributed by atoms with E-state index in [4.69, 9.17) is 9.97 Å². The van der Waals surface area contributed by atoms with Gasteiger partial charge in [-0.05, 0) is 60.2 Å². The summed E-state index contributed by atoms with van der Waals surface area (Å²) in [6.07, 6.45) is 4.08. The molecule has 0 atom stereocenters. The summed E-state index contributed by atoms with van der Waals surface area (Å²) in [6.45, 7) is 0. The zero-order valence-electron chi connectivity index (χ0n) is 26.5. The van der Waals surface area contributed by atoms with Gasteiger partial charge in [-0.2, -0.15) is 0 Å². The third kappa shape index (κ3) is 4.26. The van der Waals surface area contributed by atoms with Gasteiger partial charge in [0.2, 0.25) is 0 Å². The minimum atomic E-state index is 0.826. The van der Waals surface area contributed by atoms with E-state index in [0.29, 0.717) is 0 Å². The first-order valence-corrected chi connectivity index (χ1v) is 16.5. The fourth-order valence-electron chi connectivity index (χ4n) is 7.37. The van der Waals surface area contributed by atoms with Crippen molar-refractivity contribution in [2.45, 2.75) is 0 Å². The molecule has 0 unspecified atom stereocenters. The molecule has 4 heterocycles. The number of rotatable bonds is 5. The highest BCUT2D eigenvalue weighted by atomic mass is 15.1. The van der Waals surface area contributed by atoms with Gasteiger partial charge in [0.15, 0.2) is 5.65 Å². The van der Waals surface area contributed by atoms with E-state index in [-0.39, 0.29) is 0 Å². The van der Waals surface area contributed by atoms with Crippen LogP contribution >= 0.6 is 0 Å². The summed E-state index contributed by atoms with van der Waals surface area (Å²) in [7, 11) is 0. The maximum Gasteiger partial charge on any atom is 0.165 e. The minimum Gasteiger partial charge on any atom is -0.315 e. The van der Waals surface area contributed by atoms with Gasteiger partial charge in [0.1, 0.15) is 11.3 Å². The molecule has 10 aromatic rings. The lowest BCUT2D eigenvalue weighted by Crippen LogP contribution is -1.99. The van der Waals surface area contributed by atoms with Crippen LogP contribution in [0.25, 0.3) is 83.4 Å². The molecule has 4 aromatic heterocycles. The van der Waals surface area contributed by atoms with Crippen molar-refractivity contribution < 1.29 is 0 Å². The lowest BCUT2D eigenvalue weighted by Gasteiger charge is -2.13. The number of hydrogen-bond donors (Lipinski definition) is 0. The molecule has 0 fully saturated rings. The van der Waals surface area contributed by atoms with Crippen molar-refractivity contribution in [2.75, 3.05) is 0 Å². The van der Waals surface area contributed by atoms with Crippen LogP contribution in [0, 0.1) is 0 Å². The highest BCUT2D eigenvalue weighted by Crippen LogP contribution is 2.39. The van der Waals surface area contributed by atoms with Crippen molar-refractivity contribution in [1.82, 2.24) is 23.7 Å². The predicted octanol–water partition coefficient (Wildman–Crippen LogP) is 10.8. The lowest BCUT2D eigenvalue weighted by molar-refractivity contribution is 1.08. The fraction of sp³-hybridized carbons (Fsp3) is 0. The minimum absolute atomic E-state index is 0.826. The zero-order chi connectivity index (χ0) is 32.3. The lowest BCUT2D eigenvalue weighted by atomic mass is 10.0. The van der Waals surface area contributed by atoms with Crippen LogP contribution in [0.1, 0.15) is 0 Å². The van der Waals surface area contributed by atoms with Crippen LogP contribution in [-0.4, -0.2) is 23.7 Å². The van der Waals surface area contributed by atoms with E-state index in [1.807, 2.05) is 18.3 Å². The summed E-state index contributed by atoms with van der Waals surface area (Å²) in [5, 5.41) is 3.66. The Kier molecular flexibility index (Phi) is 6.11. The van der Waals surface area contributed by atoms with E-state index in [1.54, 1.807) is 0 Å². The quantitative estimate of drug-likeness (QED) is 0.190. The summed E-state index contributed by atoms with van der Waals surface area (Å²) < 4.78 is 6.90. The molecule has 0 aliphatic heterocycles. The molecule has 49 heavy (non-hydrogen) atoms. The fourth-order valence-corrected chi connectivity index (χ4v) is 7.37. The average Bonchev–Trinajstić information content (AvgIpc) is 3.88. The molecule has 230 valence electrons. The first kappa shape index (κ1) is 27.4. The highest BCUT2D eigenvalue weighted by molar-refractivity contribution is 6.18. The molecule has 0 aliphatic carbocycles. The largest absolute Gasteiger partial charge is 0.315 e. The van der Waals surface area contributed by atoms with E-state index in [2.05, 4.69) is 172 Å². The summed E-state index contributed by atoms with van der Waals surface area (Å²) in [5.41, 5.74) is 11.6. The number of para-hydroxylation sites is 3. The van der Waals surface area contributed by atoms with Gasteiger partial charge >= 0.3 is 0 Å². The molecule has 0 amide bonds. The van der Waals surface area contributed by atoms with Gasteiger partial charge in [-0.25, -0.2) is 9.97 Å². The maximum atomic E-state index is 5.30. The molecule has 0 saturated carbocycles. The smallest absolute Gasteiger partial charge is 0.165 e. The van der Waals surface area contributed by atoms with Gasteiger partial charge in [0, 0.05) is 56.7 Å². The van der Waals surface area contributed by atoms with Crippen LogP contribution in [0.4, 0.5) is 0 Å². The number of nitrogens with zero attached hydrogens (tertiary/aromatic N) is 5. The standard InChI is InChI=1S/C44H29N5/c1-4-13-31(14-5-1)43-46-40-36(25-27-45-44(40)49(43)34-18-8-3-9-19-34)32-15-12-20-35(29-32)48-39-22-11-10-21-37(39)38-24-23-30-26-28-47(41(30)42(38)48)33-16-6-2-7-17-33/h1-29H. The molecule has 0 saturated heterocycles. The normalized spacial score (nSPS) is 11.7. The Labute approximate surface area is 282 Å². The van der Waals surface area contributed by atoms with Gasteiger partial charge in [-0.3, -0.25) is 4.57 Å². The predicted molar refractivity (Wildman–Crippen MR) is 201 cm³/mol.